The molecule has 3 heterocycles. The third kappa shape index (κ3) is 10.3. The fraction of sp³-hybridized carbons (Fsp3) is 0.444. The summed E-state index contributed by atoms with van der Waals surface area (Å²) in [4.78, 5) is 93.0. The minimum Gasteiger partial charge on any atom is -0.493 e. The van der Waals surface area contributed by atoms with Crippen LogP contribution in [0.5, 0.6) is 11.5 Å². The zero-order valence-corrected chi connectivity index (χ0v) is 36.1. The molecule has 3 aromatic rings. The van der Waals surface area contributed by atoms with Gasteiger partial charge in [-0.05, 0) is 68.1 Å². The second-order valence-electron chi connectivity index (χ2n) is 15.7. The highest BCUT2D eigenvalue weighted by Crippen LogP contribution is 2.39. The van der Waals surface area contributed by atoms with Gasteiger partial charge in [0.2, 0.25) is 17.7 Å². The van der Waals surface area contributed by atoms with Gasteiger partial charge >= 0.3 is 0 Å². The number of benzene rings is 3. The van der Waals surface area contributed by atoms with Crippen molar-refractivity contribution in [2.75, 3.05) is 42.9 Å². The van der Waals surface area contributed by atoms with E-state index in [1.807, 2.05) is 0 Å². The second kappa shape index (κ2) is 20.2. The Bertz CT molecular complexity index is 2360. The van der Waals surface area contributed by atoms with E-state index in [-0.39, 0.29) is 53.1 Å². The van der Waals surface area contributed by atoms with Gasteiger partial charge < -0.3 is 20.1 Å². The largest absolute Gasteiger partial charge is 0.493 e. The zero-order chi connectivity index (χ0) is 44.6. The molecular weight excluding hydrogens is 819 g/mol. The predicted octanol–water partition coefficient (Wildman–Crippen LogP) is 5.83. The van der Waals surface area contributed by atoms with Crippen LogP contribution in [0, 0.1) is 0 Å². The number of piperidine rings is 1. The molecule has 0 spiro atoms. The Labute approximate surface area is 361 Å². The third-order valence-corrected chi connectivity index (χ3v) is 12.2. The van der Waals surface area contributed by atoms with E-state index in [1.165, 1.54) is 13.2 Å². The van der Waals surface area contributed by atoms with Crippen molar-refractivity contribution in [1.29, 1.82) is 0 Å². The van der Waals surface area contributed by atoms with Crippen LogP contribution in [0.25, 0.3) is 0 Å². The lowest BCUT2D eigenvalue weighted by Gasteiger charge is -2.27. The van der Waals surface area contributed by atoms with Crippen LogP contribution < -0.4 is 25.4 Å². The highest BCUT2D eigenvalue weighted by atomic mass is 32.2. The molecule has 3 aliphatic rings. The van der Waals surface area contributed by atoms with Gasteiger partial charge in [0.1, 0.15) is 15.9 Å². The Morgan fingerprint density at radius 1 is 0.790 bits per heavy atom. The van der Waals surface area contributed by atoms with Crippen molar-refractivity contribution in [2.45, 2.75) is 96.1 Å². The number of carbonyl (C=O) groups excluding carboxylic acids is 7. The number of amides is 7. The second-order valence-corrected chi connectivity index (χ2v) is 17.9. The van der Waals surface area contributed by atoms with Gasteiger partial charge in [0.15, 0.2) is 11.5 Å². The molecular formula is C45H53N5O11S. The zero-order valence-electron chi connectivity index (χ0n) is 35.3. The Balaban J connectivity index is 0.904. The lowest BCUT2D eigenvalue weighted by atomic mass is 10.0. The first-order valence-corrected chi connectivity index (χ1v) is 23.2. The number of methoxy groups -OCH3 is 1. The van der Waals surface area contributed by atoms with Crippen LogP contribution in [0.2, 0.25) is 0 Å². The minimum absolute atomic E-state index is 0.0206. The standard InChI is InChI=1S/C45H53N5O11S/c1-4-61-36-26-28(21-23-35(36)60-2)34(27-62(3,58)59)50-43(55)30-17-15-19-32(40(30)45(50)57)47-37(51)20-12-10-8-6-5-7-9-11-13-25-46-31-18-14-16-29-39(31)44(56)49(42(29)54)33-22-24-38(52)48-41(33)53/h14-19,21,23,26,33-34,46H,4-13,20,22,24-25,27H2,1-3H3,(H,47,51)(H,48,52,53)/t33?,34-/m1/s1. The van der Waals surface area contributed by atoms with Crippen molar-refractivity contribution in [1.82, 2.24) is 15.1 Å². The first kappa shape index (κ1) is 45.4. The number of hydrogen-bond acceptors (Lipinski definition) is 12. The number of anilines is 2. The smallest absolute Gasteiger partial charge is 0.264 e. The molecule has 17 heteroatoms. The number of carbonyl (C=O) groups is 7. The molecule has 62 heavy (non-hydrogen) atoms. The van der Waals surface area contributed by atoms with E-state index >= 15 is 0 Å². The average Bonchev–Trinajstić information content (AvgIpc) is 3.64. The Morgan fingerprint density at radius 3 is 2.06 bits per heavy atom. The van der Waals surface area contributed by atoms with Crippen LogP contribution in [0.3, 0.4) is 0 Å². The molecule has 3 aromatic carbocycles. The van der Waals surface area contributed by atoms with E-state index in [0.717, 1.165) is 67.4 Å². The number of unbranched alkanes of at least 4 members (excludes halogenated alkanes) is 8. The summed E-state index contributed by atoms with van der Waals surface area (Å²) in [5.74, 6) is -3.54. The molecule has 7 amide bonds. The SMILES string of the molecule is CCOc1cc([C@@H](CS(C)(=O)=O)N2C(=O)c3cccc(NC(=O)CCCCCCCCCCCNc4cccc5c4C(=O)N(C4CCC(=O)NC4=O)C5=O)c3C2=O)ccc1OC. The van der Waals surface area contributed by atoms with Crippen LogP contribution >= 0.6 is 0 Å². The van der Waals surface area contributed by atoms with Crippen molar-refractivity contribution < 1.29 is 51.5 Å². The van der Waals surface area contributed by atoms with Crippen molar-refractivity contribution in [3.63, 3.8) is 0 Å². The maximum atomic E-state index is 14.0. The van der Waals surface area contributed by atoms with Crippen molar-refractivity contribution in [3.8, 4) is 11.5 Å². The summed E-state index contributed by atoms with van der Waals surface area (Å²) < 4.78 is 36.2. The highest BCUT2D eigenvalue weighted by Gasteiger charge is 2.46. The summed E-state index contributed by atoms with van der Waals surface area (Å²) in [7, 11) is -2.21. The van der Waals surface area contributed by atoms with Crippen LogP contribution in [0.15, 0.2) is 54.6 Å². The van der Waals surface area contributed by atoms with Crippen molar-refractivity contribution >= 4 is 62.6 Å². The summed E-state index contributed by atoms with van der Waals surface area (Å²) in [6.07, 6.45) is 9.85. The van der Waals surface area contributed by atoms with Gasteiger partial charge in [-0.2, -0.15) is 0 Å². The topological polar surface area (TPSA) is 215 Å². The van der Waals surface area contributed by atoms with Crippen LogP contribution in [0.1, 0.15) is 137 Å². The number of fused-ring (bicyclic) bond motifs is 2. The van der Waals surface area contributed by atoms with Gasteiger partial charge in [0.25, 0.3) is 23.6 Å². The molecule has 0 aliphatic carbocycles. The number of nitrogens with zero attached hydrogens (tertiary/aromatic N) is 2. The van der Waals surface area contributed by atoms with Gasteiger partial charge in [-0.3, -0.25) is 48.7 Å². The molecule has 1 fully saturated rings. The molecule has 0 aromatic heterocycles. The van der Waals surface area contributed by atoms with E-state index in [2.05, 4.69) is 16.0 Å². The quantitative estimate of drug-likeness (QED) is 0.0804. The van der Waals surface area contributed by atoms with E-state index < -0.39 is 63.1 Å². The molecule has 1 saturated heterocycles. The van der Waals surface area contributed by atoms with E-state index in [0.29, 0.717) is 42.3 Å². The fourth-order valence-electron chi connectivity index (χ4n) is 8.21. The van der Waals surface area contributed by atoms with E-state index in [1.54, 1.807) is 55.5 Å². The number of ether oxygens (including phenoxy) is 2. The molecule has 6 rings (SSSR count). The molecule has 1 unspecified atom stereocenters. The highest BCUT2D eigenvalue weighted by molar-refractivity contribution is 7.90. The molecule has 3 N–H and O–H groups in total. The normalized spacial score (nSPS) is 16.6. The number of hydrogen-bond donors (Lipinski definition) is 3. The molecule has 0 saturated carbocycles. The minimum atomic E-state index is -3.68. The van der Waals surface area contributed by atoms with Gasteiger partial charge in [-0.25, -0.2) is 8.42 Å². The van der Waals surface area contributed by atoms with Gasteiger partial charge in [0.05, 0.1) is 53.5 Å². The van der Waals surface area contributed by atoms with E-state index in [4.69, 9.17) is 9.47 Å². The Morgan fingerprint density at radius 2 is 1.42 bits per heavy atom. The first-order valence-electron chi connectivity index (χ1n) is 21.1. The average molecular weight is 872 g/mol. The monoisotopic (exact) mass is 871 g/mol. The van der Waals surface area contributed by atoms with Gasteiger partial charge in [-0.15, -0.1) is 0 Å². The lowest BCUT2D eigenvalue weighted by Crippen LogP contribution is -2.54. The third-order valence-electron chi connectivity index (χ3n) is 11.2. The predicted molar refractivity (Wildman–Crippen MR) is 230 cm³/mol. The summed E-state index contributed by atoms with van der Waals surface area (Å²) >= 11 is 0. The maximum absolute atomic E-state index is 14.0. The van der Waals surface area contributed by atoms with Gasteiger partial charge in [-0.1, -0.05) is 63.1 Å². The molecule has 330 valence electrons. The summed E-state index contributed by atoms with van der Waals surface area (Å²) in [5.41, 5.74) is 1.71. The van der Waals surface area contributed by atoms with Crippen molar-refractivity contribution in [2.24, 2.45) is 0 Å². The summed E-state index contributed by atoms with van der Waals surface area (Å²) in [6, 6.07) is 12.2. The Kier molecular flexibility index (Phi) is 14.8. The maximum Gasteiger partial charge on any atom is 0.264 e. The number of imide groups is 3. The number of sulfone groups is 1. The molecule has 0 radical (unpaired) electrons. The van der Waals surface area contributed by atoms with Crippen LogP contribution in [-0.2, 0) is 24.2 Å². The molecule has 2 atom stereocenters. The van der Waals surface area contributed by atoms with Crippen molar-refractivity contribution in [3.05, 3.63) is 82.4 Å². The summed E-state index contributed by atoms with van der Waals surface area (Å²) in [5, 5.41) is 8.30. The molecule has 3 aliphatic heterocycles. The Hall–Kier alpha value is -6.10. The van der Waals surface area contributed by atoms with Gasteiger partial charge in [0, 0.05) is 31.3 Å². The number of rotatable bonds is 22. The summed E-state index contributed by atoms with van der Waals surface area (Å²) in [6.45, 7) is 2.70. The molecule has 0 bridgehead atoms. The number of nitrogens with one attached hydrogen (secondary N) is 3. The molecule has 16 nitrogen and oxygen atoms in total. The van der Waals surface area contributed by atoms with Crippen LogP contribution in [0.4, 0.5) is 11.4 Å². The van der Waals surface area contributed by atoms with Crippen LogP contribution in [-0.4, -0.2) is 97.9 Å². The lowest BCUT2D eigenvalue weighted by molar-refractivity contribution is -0.136. The fourth-order valence-corrected chi connectivity index (χ4v) is 9.13. The first-order chi connectivity index (χ1) is 29.7. The van der Waals surface area contributed by atoms with E-state index in [9.17, 15) is 42.0 Å².